The van der Waals surface area contributed by atoms with E-state index in [9.17, 15) is 0 Å². The Bertz CT molecular complexity index is 313. The zero-order valence-corrected chi connectivity index (χ0v) is 17.6. The summed E-state index contributed by atoms with van der Waals surface area (Å²) >= 11 is 0. The molecular weight excluding hydrogens is 304 g/mol. The predicted octanol–water partition coefficient (Wildman–Crippen LogP) is 7.31. The van der Waals surface area contributed by atoms with Crippen LogP contribution in [0.1, 0.15) is 117 Å². The van der Waals surface area contributed by atoms with Crippen molar-refractivity contribution in [3.05, 3.63) is 12.4 Å². The summed E-state index contributed by atoms with van der Waals surface area (Å²) in [5.41, 5.74) is 0. The summed E-state index contributed by atoms with van der Waals surface area (Å²) < 4.78 is 0. The van der Waals surface area contributed by atoms with Crippen molar-refractivity contribution >= 4 is 0 Å². The van der Waals surface area contributed by atoms with Gasteiger partial charge in [-0.2, -0.15) is 0 Å². The van der Waals surface area contributed by atoms with Crippen LogP contribution in [0.15, 0.2) is 12.4 Å². The van der Waals surface area contributed by atoms with E-state index in [1.807, 2.05) is 0 Å². The number of nitrogens with zero attached hydrogens (tertiary/aromatic N) is 2. The smallest absolute Gasteiger partial charge is 0.101 e. The summed E-state index contributed by atoms with van der Waals surface area (Å²) in [7, 11) is 0. The summed E-state index contributed by atoms with van der Waals surface area (Å²) in [5, 5.41) is 0. The first-order valence-corrected chi connectivity index (χ1v) is 11.5. The van der Waals surface area contributed by atoms with Gasteiger partial charge in [-0.3, -0.25) is 0 Å². The zero-order chi connectivity index (χ0) is 18.2. The molecule has 1 aliphatic heterocycles. The van der Waals surface area contributed by atoms with Gasteiger partial charge in [-0.1, -0.05) is 91.4 Å². The Balaban J connectivity index is 2.30. The van der Waals surface area contributed by atoms with Gasteiger partial charge in [-0.15, -0.1) is 0 Å². The second-order valence-corrected chi connectivity index (χ2v) is 7.93. The van der Waals surface area contributed by atoms with Crippen molar-refractivity contribution in [3.63, 3.8) is 0 Å². The first-order chi connectivity index (χ1) is 12.3. The van der Waals surface area contributed by atoms with Crippen LogP contribution in [0, 0.1) is 0 Å². The minimum absolute atomic E-state index is 0.647. The summed E-state index contributed by atoms with van der Waals surface area (Å²) in [6, 6.07) is 0. The predicted molar refractivity (Wildman–Crippen MR) is 113 cm³/mol. The van der Waals surface area contributed by atoms with E-state index in [0.29, 0.717) is 6.17 Å². The molecule has 1 rings (SSSR count). The Kier molecular flexibility index (Phi) is 14.0. The molecule has 2 heteroatoms. The maximum absolute atomic E-state index is 2.64. The van der Waals surface area contributed by atoms with Crippen LogP contribution in [0.4, 0.5) is 0 Å². The highest BCUT2D eigenvalue weighted by atomic mass is 15.4. The normalized spacial score (nSPS) is 17.0. The van der Waals surface area contributed by atoms with Crippen molar-refractivity contribution in [2.45, 2.75) is 123 Å². The summed E-state index contributed by atoms with van der Waals surface area (Å²) in [6.07, 6.45) is 26.2. The van der Waals surface area contributed by atoms with Crippen molar-refractivity contribution < 1.29 is 0 Å². The second-order valence-electron chi connectivity index (χ2n) is 7.93. The van der Waals surface area contributed by atoms with Gasteiger partial charge in [-0.05, 0) is 25.7 Å². The SMILES string of the molecule is CCCCCCCCCC1N(CCCCC)C=CN1CCCCCC. The van der Waals surface area contributed by atoms with Crippen molar-refractivity contribution in [1.82, 2.24) is 9.80 Å². The molecule has 0 aromatic carbocycles. The van der Waals surface area contributed by atoms with Crippen LogP contribution < -0.4 is 0 Å². The van der Waals surface area contributed by atoms with Crippen LogP contribution >= 0.6 is 0 Å². The molecule has 0 aromatic rings. The molecule has 0 saturated heterocycles. The Morgan fingerprint density at radius 3 is 1.48 bits per heavy atom. The Labute approximate surface area is 159 Å². The van der Waals surface area contributed by atoms with Gasteiger partial charge in [0.05, 0.1) is 0 Å². The third-order valence-electron chi connectivity index (χ3n) is 5.57. The minimum Gasteiger partial charge on any atom is -0.356 e. The lowest BCUT2D eigenvalue weighted by Crippen LogP contribution is -2.39. The average Bonchev–Trinajstić information content (AvgIpc) is 3.00. The van der Waals surface area contributed by atoms with Crippen LogP contribution in [0.3, 0.4) is 0 Å². The van der Waals surface area contributed by atoms with E-state index >= 15 is 0 Å². The number of hydrogen-bond acceptors (Lipinski definition) is 2. The van der Waals surface area contributed by atoms with E-state index in [2.05, 4.69) is 43.0 Å². The number of hydrogen-bond donors (Lipinski definition) is 0. The van der Waals surface area contributed by atoms with Gasteiger partial charge in [0.15, 0.2) is 0 Å². The number of rotatable bonds is 17. The van der Waals surface area contributed by atoms with Gasteiger partial charge in [0, 0.05) is 25.5 Å². The highest BCUT2D eigenvalue weighted by Crippen LogP contribution is 2.23. The minimum atomic E-state index is 0.647. The van der Waals surface area contributed by atoms with Crippen LogP contribution in [0.2, 0.25) is 0 Å². The average molecular weight is 351 g/mol. The molecule has 0 aliphatic carbocycles. The summed E-state index contributed by atoms with van der Waals surface area (Å²) in [6.45, 7) is 9.40. The fourth-order valence-electron chi connectivity index (χ4n) is 3.89. The topological polar surface area (TPSA) is 6.48 Å². The van der Waals surface area contributed by atoms with Gasteiger partial charge in [0.25, 0.3) is 0 Å². The van der Waals surface area contributed by atoms with Crippen molar-refractivity contribution in [2.24, 2.45) is 0 Å². The van der Waals surface area contributed by atoms with E-state index in [1.54, 1.807) is 0 Å². The second kappa shape index (κ2) is 15.6. The van der Waals surface area contributed by atoms with Crippen molar-refractivity contribution in [1.29, 1.82) is 0 Å². The van der Waals surface area contributed by atoms with Gasteiger partial charge in [0.1, 0.15) is 6.17 Å². The zero-order valence-electron chi connectivity index (χ0n) is 17.6. The van der Waals surface area contributed by atoms with E-state index in [-0.39, 0.29) is 0 Å². The highest BCUT2D eigenvalue weighted by Gasteiger charge is 2.24. The molecule has 0 bridgehead atoms. The highest BCUT2D eigenvalue weighted by molar-refractivity contribution is 4.96. The molecule has 0 N–H and O–H groups in total. The molecule has 0 fully saturated rings. The van der Waals surface area contributed by atoms with Gasteiger partial charge < -0.3 is 9.80 Å². The molecule has 0 radical (unpaired) electrons. The van der Waals surface area contributed by atoms with Crippen LogP contribution in [0.25, 0.3) is 0 Å². The standard InChI is InChI=1S/C23H46N2/c1-4-7-10-12-13-14-15-18-23-24(19-16-9-6-3)21-22-25(23)20-17-11-8-5-2/h21-23H,4-20H2,1-3H3. The molecule has 25 heavy (non-hydrogen) atoms. The van der Waals surface area contributed by atoms with Crippen LogP contribution in [-0.4, -0.2) is 29.1 Å². The van der Waals surface area contributed by atoms with Gasteiger partial charge in [0.2, 0.25) is 0 Å². The van der Waals surface area contributed by atoms with E-state index in [1.165, 1.54) is 109 Å². The Morgan fingerprint density at radius 1 is 0.520 bits per heavy atom. The van der Waals surface area contributed by atoms with Crippen molar-refractivity contribution in [2.75, 3.05) is 13.1 Å². The summed E-state index contributed by atoms with van der Waals surface area (Å²) in [4.78, 5) is 5.27. The third-order valence-corrected chi connectivity index (χ3v) is 5.57. The molecule has 0 saturated carbocycles. The van der Waals surface area contributed by atoms with Crippen LogP contribution in [0.5, 0.6) is 0 Å². The lowest BCUT2D eigenvalue weighted by Gasteiger charge is -2.33. The fourth-order valence-corrected chi connectivity index (χ4v) is 3.89. The maximum atomic E-state index is 2.64. The Hall–Kier alpha value is -0.660. The monoisotopic (exact) mass is 350 g/mol. The van der Waals surface area contributed by atoms with E-state index < -0.39 is 0 Å². The maximum Gasteiger partial charge on any atom is 0.101 e. The van der Waals surface area contributed by atoms with Gasteiger partial charge in [-0.25, -0.2) is 0 Å². The van der Waals surface area contributed by atoms with E-state index in [4.69, 9.17) is 0 Å². The molecule has 1 aliphatic rings. The van der Waals surface area contributed by atoms with E-state index in [0.717, 1.165) is 0 Å². The van der Waals surface area contributed by atoms with Gasteiger partial charge >= 0.3 is 0 Å². The summed E-state index contributed by atoms with van der Waals surface area (Å²) in [5.74, 6) is 0. The largest absolute Gasteiger partial charge is 0.356 e. The molecule has 0 aromatic heterocycles. The Morgan fingerprint density at radius 2 is 0.920 bits per heavy atom. The molecule has 1 unspecified atom stereocenters. The lowest BCUT2D eigenvalue weighted by atomic mass is 10.1. The van der Waals surface area contributed by atoms with Crippen molar-refractivity contribution in [3.8, 4) is 0 Å². The number of unbranched alkanes of at least 4 members (excludes halogenated alkanes) is 11. The molecule has 148 valence electrons. The fraction of sp³-hybridized carbons (Fsp3) is 0.913. The molecule has 2 nitrogen and oxygen atoms in total. The first-order valence-electron chi connectivity index (χ1n) is 11.5. The molecule has 0 amide bonds. The molecule has 0 spiro atoms. The first kappa shape index (κ1) is 22.4. The third kappa shape index (κ3) is 10.2. The molecule has 1 atom stereocenters. The molecule has 1 heterocycles. The lowest BCUT2D eigenvalue weighted by molar-refractivity contribution is 0.135. The molecular formula is C23H46N2. The quantitative estimate of drug-likeness (QED) is 0.254. The van der Waals surface area contributed by atoms with Crippen LogP contribution in [-0.2, 0) is 0 Å².